The largest absolute Gasteiger partial charge is 0.310 e. The van der Waals surface area contributed by atoms with E-state index in [9.17, 15) is 0 Å². The second kappa shape index (κ2) is 7.80. The van der Waals surface area contributed by atoms with Gasteiger partial charge >= 0.3 is 0 Å². The fourth-order valence-electron chi connectivity index (χ4n) is 1.52. The number of hydrogen-bond acceptors (Lipinski definition) is 3. The number of thioether (sulfide) groups is 1. The van der Waals surface area contributed by atoms with E-state index in [1.165, 1.54) is 5.69 Å². The number of aryl methyl sites for hydroxylation is 2. The summed E-state index contributed by atoms with van der Waals surface area (Å²) in [5.74, 6) is 4.45. The van der Waals surface area contributed by atoms with E-state index in [2.05, 4.69) is 39.2 Å². The van der Waals surface area contributed by atoms with Crippen LogP contribution in [-0.2, 0) is 13.1 Å². The van der Waals surface area contributed by atoms with Gasteiger partial charge in [0, 0.05) is 25.4 Å². The van der Waals surface area contributed by atoms with Crippen molar-refractivity contribution in [2.45, 2.75) is 26.9 Å². The van der Waals surface area contributed by atoms with Crippen LogP contribution >= 0.6 is 27.7 Å². The van der Waals surface area contributed by atoms with Crippen molar-refractivity contribution in [2.24, 2.45) is 0 Å². The van der Waals surface area contributed by atoms with E-state index in [1.54, 1.807) is 11.8 Å². The second-order valence-corrected chi connectivity index (χ2v) is 5.49. The van der Waals surface area contributed by atoms with Crippen LogP contribution in [0.2, 0.25) is 0 Å². The highest BCUT2D eigenvalue weighted by molar-refractivity contribution is 9.10. The van der Waals surface area contributed by atoms with Gasteiger partial charge in [0.25, 0.3) is 0 Å². The zero-order chi connectivity index (χ0) is 12.7. The lowest BCUT2D eigenvalue weighted by atomic mass is 10.3. The van der Waals surface area contributed by atoms with Crippen molar-refractivity contribution in [3.63, 3.8) is 0 Å². The molecule has 0 saturated carbocycles. The first kappa shape index (κ1) is 14.6. The van der Waals surface area contributed by atoms with Crippen molar-refractivity contribution in [3.8, 4) is 12.3 Å². The summed E-state index contributed by atoms with van der Waals surface area (Å²) in [4.78, 5) is 0. The molecule has 0 amide bonds. The second-order valence-electron chi connectivity index (χ2n) is 3.60. The molecule has 1 aromatic heterocycles. The minimum Gasteiger partial charge on any atom is -0.310 e. The Labute approximate surface area is 116 Å². The van der Waals surface area contributed by atoms with Gasteiger partial charge in [-0.25, -0.2) is 0 Å². The van der Waals surface area contributed by atoms with Gasteiger partial charge < -0.3 is 5.32 Å². The normalized spacial score (nSPS) is 10.5. The summed E-state index contributed by atoms with van der Waals surface area (Å²) < 4.78 is 3.14. The molecular weight excluding hydrogens is 298 g/mol. The summed E-state index contributed by atoms with van der Waals surface area (Å²) in [5, 5.41) is 7.86. The van der Waals surface area contributed by atoms with Crippen LogP contribution in [0.15, 0.2) is 4.47 Å². The molecule has 1 rings (SSSR count). The number of rotatable bonds is 7. The third-order valence-electron chi connectivity index (χ3n) is 2.35. The van der Waals surface area contributed by atoms with E-state index in [0.29, 0.717) is 0 Å². The highest BCUT2D eigenvalue weighted by Crippen LogP contribution is 2.20. The highest BCUT2D eigenvalue weighted by atomic mass is 79.9. The van der Waals surface area contributed by atoms with Gasteiger partial charge in [-0.1, -0.05) is 5.92 Å². The van der Waals surface area contributed by atoms with Gasteiger partial charge in [0.05, 0.1) is 21.6 Å². The van der Waals surface area contributed by atoms with E-state index in [-0.39, 0.29) is 0 Å². The van der Waals surface area contributed by atoms with Crippen molar-refractivity contribution >= 4 is 27.7 Å². The van der Waals surface area contributed by atoms with Gasteiger partial charge in [-0.15, -0.1) is 18.2 Å². The standard InChI is InChI=1S/C12H18BrN3S/c1-4-7-17-8-6-14-9-11-12(13)10(3)15-16(11)5-2/h1,14H,5-9H2,2-3H3. The lowest BCUT2D eigenvalue weighted by molar-refractivity contribution is 0.587. The summed E-state index contributed by atoms with van der Waals surface area (Å²) in [6.45, 7) is 6.82. The number of hydrogen-bond donors (Lipinski definition) is 1. The van der Waals surface area contributed by atoms with Crippen LogP contribution in [0.4, 0.5) is 0 Å². The first-order valence-corrected chi connectivity index (χ1v) is 7.59. The Bertz CT molecular complexity index is 395. The number of nitrogens with one attached hydrogen (secondary N) is 1. The molecule has 1 heterocycles. The molecule has 0 fully saturated rings. The van der Waals surface area contributed by atoms with Crippen LogP contribution in [0.5, 0.6) is 0 Å². The molecule has 0 aliphatic rings. The summed E-state index contributed by atoms with van der Waals surface area (Å²) in [5.41, 5.74) is 2.26. The van der Waals surface area contributed by atoms with Crippen LogP contribution < -0.4 is 5.32 Å². The molecule has 94 valence electrons. The molecule has 17 heavy (non-hydrogen) atoms. The molecule has 0 spiro atoms. The Hall–Kier alpha value is -0.440. The average Bonchev–Trinajstić information content (AvgIpc) is 2.60. The van der Waals surface area contributed by atoms with Gasteiger partial charge in [-0.3, -0.25) is 4.68 Å². The lowest BCUT2D eigenvalue weighted by Crippen LogP contribution is -2.19. The third-order valence-corrected chi connectivity index (χ3v) is 4.25. The van der Waals surface area contributed by atoms with Gasteiger partial charge in [-0.05, 0) is 29.8 Å². The molecule has 0 atom stereocenters. The van der Waals surface area contributed by atoms with Crippen LogP contribution in [-0.4, -0.2) is 27.8 Å². The van der Waals surface area contributed by atoms with Crippen molar-refractivity contribution < 1.29 is 0 Å². The third kappa shape index (κ3) is 4.38. The maximum atomic E-state index is 5.19. The molecule has 0 bridgehead atoms. The summed E-state index contributed by atoms with van der Waals surface area (Å²) in [6.07, 6.45) is 5.19. The molecule has 1 N–H and O–H groups in total. The molecule has 1 aromatic rings. The van der Waals surface area contributed by atoms with Crippen molar-refractivity contribution in [1.82, 2.24) is 15.1 Å². The van der Waals surface area contributed by atoms with E-state index in [0.717, 1.165) is 41.3 Å². The molecule has 5 heteroatoms. The monoisotopic (exact) mass is 315 g/mol. The van der Waals surface area contributed by atoms with Gasteiger partial charge in [0.15, 0.2) is 0 Å². The Balaban J connectivity index is 2.38. The molecule has 0 saturated heterocycles. The zero-order valence-corrected chi connectivity index (χ0v) is 12.7. The first-order valence-electron chi connectivity index (χ1n) is 5.64. The maximum Gasteiger partial charge on any atom is 0.0739 e. The molecule has 0 aliphatic carbocycles. The summed E-state index contributed by atoms with van der Waals surface area (Å²) >= 11 is 5.36. The summed E-state index contributed by atoms with van der Waals surface area (Å²) in [7, 11) is 0. The maximum absolute atomic E-state index is 5.19. The predicted molar refractivity (Wildman–Crippen MR) is 78.2 cm³/mol. The van der Waals surface area contributed by atoms with E-state index in [4.69, 9.17) is 6.42 Å². The SMILES string of the molecule is C#CCSCCNCc1c(Br)c(C)nn1CC. The van der Waals surface area contributed by atoms with E-state index < -0.39 is 0 Å². The Morgan fingerprint density at radius 1 is 1.59 bits per heavy atom. The van der Waals surface area contributed by atoms with E-state index >= 15 is 0 Å². The van der Waals surface area contributed by atoms with Crippen molar-refractivity contribution in [1.29, 1.82) is 0 Å². The number of aromatic nitrogens is 2. The van der Waals surface area contributed by atoms with Gasteiger partial charge in [0.1, 0.15) is 0 Å². The van der Waals surface area contributed by atoms with E-state index in [1.807, 2.05) is 11.6 Å². The number of nitrogens with zero attached hydrogens (tertiary/aromatic N) is 2. The van der Waals surface area contributed by atoms with Crippen LogP contribution in [0.1, 0.15) is 18.3 Å². The lowest BCUT2D eigenvalue weighted by Gasteiger charge is -2.07. The van der Waals surface area contributed by atoms with Crippen LogP contribution in [0, 0.1) is 19.3 Å². The van der Waals surface area contributed by atoms with Crippen LogP contribution in [0.25, 0.3) is 0 Å². The minimum atomic E-state index is 0.789. The zero-order valence-electron chi connectivity index (χ0n) is 10.3. The topological polar surface area (TPSA) is 29.9 Å². The highest BCUT2D eigenvalue weighted by Gasteiger charge is 2.10. The molecule has 0 aliphatic heterocycles. The average molecular weight is 316 g/mol. The number of halogens is 1. The summed E-state index contributed by atoms with van der Waals surface area (Å²) in [6, 6.07) is 0. The fourth-order valence-corrected chi connectivity index (χ4v) is 2.50. The minimum absolute atomic E-state index is 0.789. The Kier molecular flexibility index (Phi) is 6.71. The molecule has 3 nitrogen and oxygen atoms in total. The smallest absolute Gasteiger partial charge is 0.0739 e. The predicted octanol–water partition coefficient (Wildman–Crippen LogP) is 2.43. The van der Waals surface area contributed by atoms with Crippen molar-refractivity contribution in [2.75, 3.05) is 18.1 Å². The fraction of sp³-hybridized carbons (Fsp3) is 0.583. The van der Waals surface area contributed by atoms with Gasteiger partial charge in [0.2, 0.25) is 0 Å². The Morgan fingerprint density at radius 2 is 2.35 bits per heavy atom. The quantitative estimate of drug-likeness (QED) is 0.619. The number of terminal acetylenes is 1. The van der Waals surface area contributed by atoms with Crippen molar-refractivity contribution in [3.05, 3.63) is 15.9 Å². The molecule has 0 unspecified atom stereocenters. The Morgan fingerprint density at radius 3 is 3.00 bits per heavy atom. The van der Waals surface area contributed by atoms with Gasteiger partial charge in [-0.2, -0.15) is 5.10 Å². The molecule has 0 aromatic carbocycles. The molecular formula is C12H18BrN3S. The molecule has 0 radical (unpaired) electrons. The first-order chi connectivity index (χ1) is 8.20. The van der Waals surface area contributed by atoms with Crippen LogP contribution in [0.3, 0.4) is 0 Å².